The van der Waals surface area contributed by atoms with E-state index in [0.29, 0.717) is 6.54 Å². The Labute approximate surface area is 181 Å². The molecule has 4 heteroatoms. The largest absolute Gasteiger partial charge is 0.395 e. The molecule has 1 N–H and O–H groups in total. The molecule has 0 radical (unpaired) electrons. The second kappa shape index (κ2) is 8.46. The molecular formula is C27H23N3O. The SMILES string of the molecule is OCCn1c2ccccc2c2cc(C=NN(c3ccccc3)c3ccccc3)ccc21. The number of nitrogens with zero attached hydrogens (tertiary/aromatic N) is 3. The molecule has 0 saturated carbocycles. The number of rotatable bonds is 6. The van der Waals surface area contributed by atoms with Gasteiger partial charge in [0.05, 0.1) is 24.2 Å². The molecule has 1 heterocycles. The highest BCUT2D eigenvalue weighted by molar-refractivity contribution is 6.09. The van der Waals surface area contributed by atoms with Crippen LogP contribution in [-0.2, 0) is 6.54 Å². The number of anilines is 2. The van der Waals surface area contributed by atoms with Gasteiger partial charge < -0.3 is 9.67 Å². The third-order valence-electron chi connectivity index (χ3n) is 5.44. The average molecular weight is 406 g/mol. The summed E-state index contributed by atoms with van der Waals surface area (Å²) >= 11 is 0. The van der Waals surface area contributed by atoms with Crippen molar-refractivity contribution in [3.05, 3.63) is 109 Å². The molecule has 5 aromatic rings. The van der Waals surface area contributed by atoms with Crippen LogP contribution in [0.3, 0.4) is 0 Å². The molecule has 0 fully saturated rings. The van der Waals surface area contributed by atoms with Crippen molar-refractivity contribution >= 4 is 39.4 Å². The van der Waals surface area contributed by atoms with E-state index in [1.165, 1.54) is 10.8 Å². The van der Waals surface area contributed by atoms with E-state index in [1.54, 1.807) is 0 Å². The summed E-state index contributed by atoms with van der Waals surface area (Å²) in [5, 5.41) is 18.6. The third-order valence-corrected chi connectivity index (χ3v) is 5.44. The van der Waals surface area contributed by atoms with E-state index in [4.69, 9.17) is 5.10 Å². The second-order valence-corrected chi connectivity index (χ2v) is 7.40. The highest BCUT2D eigenvalue weighted by Crippen LogP contribution is 2.30. The zero-order valence-corrected chi connectivity index (χ0v) is 17.1. The van der Waals surface area contributed by atoms with Gasteiger partial charge in [0.2, 0.25) is 0 Å². The predicted molar refractivity (Wildman–Crippen MR) is 129 cm³/mol. The minimum absolute atomic E-state index is 0.111. The van der Waals surface area contributed by atoms with Crippen molar-refractivity contribution in [2.75, 3.05) is 11.6 Å². The summed E-state index contributed by atoms with van der Waals surface area (Å²) < 4.78 is 2.17. The van der Waals surface area contributed by atoms with Crippen LogP contribution in [-0.4, -0.2) is 22.5 Å². The molecule has 0 unspecified atom stereocenters. The number of aliphatic hydroxyl groups is 1. The summed E-state index contributed by atoms with van der Waals surface area (Å²) in [6.45, 7) is 0.688. The lowest BCUT2D eigenvalue weighted by Crippen LogP contribution is -2.09. The number of hydrogen-bond acceptors (Lipinski definition) is 3. The van der Waals surface area contributed by atoms with Gasteiger partial charge in [0, 0.05) is 28.4 Å². The van der Waals surface area contributed by atoms with Gasteiger partial charge in [-0.3, -0.25) is 0 Å². The smallest absolute Gasteiger partial charge is 0.0652 e. The normalized spacial score (nSPS) is 11.5. The monoisotopic (exact) mass is 405 g/mol. The first-order valence-corrected chi connectivity index (χ1v) is 10.4. The second-order valence-electron chi connectivity index (χ2n) is 7.40. The first-order chi connectivity index (χ1) is 15.3. The van der Waals surface area contributed by atoms with Gasteiger partial charge in [0.1, 0.15) is 0 Å². The standard InChI is InChI=1S/C27H23N3O/c31-18-17-29-26-14-8-7-13-24(26)25-19-21(15-16-27(25)29)20-28-30(22-9-3-1-4-10-22)23-11-5-2-6-12-23/h1-16,19-20,31H,17-18H2. The minimum atomic E-state index is 0.111. The molecule has 152 valence electrons. The summed E-state index contributed by atoms with van der Waals surface area (Å²) in [7, 11) is 0. The van der Waals surface area contributed by atoms with Gasteiger partial charge in [0.15, 0.2) is 0 Å². The van der Waals surface area contributed by atoms with Gasteiger partial charge >= 0.3 is 0 Å². The number of hydrogen-bond donors (Lipinski definition) is 1. The number of fused-ring (bicyclic) bond motifs is 3. The van der Waals surface area contributed by atoms with Crippen LogP contribution in [0.15, 0.2) is 108 Å². The van der Waals surface area contributed by atoms with Gasteiger partial charge in [-0.15, -0.1) is 0 Å². The highest BCUT2D eigenvalue weighted by atomic mass is 16.3. The zero-order chi connectivity index (χ0) is 21.0. The van der Waals surface area contributed by atoms with Crippen molar-refractivity contribution in [3.63, 3.8) is 0 Å². The third kappa shape index (κ3) is 3.69. The fourth-order valence-electron chi connectivity index (χ4n) is 4.04. The van der Waals surface area contributed by atoms with Crippen LogP contribution in [0.4, 0.5) is 11.4 Å². The Morgan fingerprint density at radius 3 is 2.00 bits per heavy atom. The zero-order valence-electron chi connectivity index (χ0n) is 17.1. The molecule has 1 aromatic heterocycles. The molecule has 0 atom stereocenters. The van der Waals surface area contributed by atoms with Crippen LogP contribution < -0.4 is 5.01 Å². The molecule has 0 bridgehead atoms. The van der Waals surface area contributed by atoms with Crippen molar-refractivity contribution in [2.24, 2.45) is 5.10 Å². The van der Waals surface area contributed by atoms with Gasteiger partial charge in [-0.05, 0) is 48.0 Å². The fraction of sp³-hybridized carbons (Fsp3) is 0.0741. The summed E-state index contributed by atoms with van der Waals surface area (Å²) in [4.78, 5) is 0. The van der Waals surface area contributed by atoms with Crippen molar-refractivity contribution in [3.8, 4) is 0 Å². The van der Waals surface area contributed by atoms with E-state index in [9.17, 15) is 5.11 Å². The molecule has 0 spiro atoms. The maximum atomic E-state index is 9.53. The first-order valence-electron chi connectivity index (χ1n) is 10.4. The van der Waals surface area contributed by atoms with Gasteiger partial charge in [-0.2, -0.15) is 5.10 Å². The van der Waals surface area contributed by atoms with E-state index >= 15 is 0 Å². The summed E-state index contributed by atoms with van der Waals surface area (Å²) in [5.74, 6) is 0. The molecule has 31 heavy (non-hydrogen) atoms. The van der Waals surface area contributed by atoms with E-state index in [-0.39, 0.29) is 6.61 Å². The summed E-state index contributed by atoms with van der Waals surface area (Å²) in [6, 6.07) is 35.0. The van der Waals surface area contributed by atoms with E-state index in [1.807, 2.05) is 53.7 Å². The van der Waals surface area contributed by atoms with Gasteiger partial charge in [-0.1, -0.05) is 60.7 Å². The quantitative estimate of drug-likeness (QED) is 0.280. The van der Waals surface area contributed by atoms with Crippen LogP contribution >= 0.6 is 0 Å². The maximum absolute atomic E-state index is 9.53. The van der Waals surface area contributed by atoms with E-state index < -0.39 is 0 Å². The van der Waals surface area contributed by atoms with Crippen LogP contribution in [0.2, 0.25) is 0 Å². The number of benzene rings is 4. The number of aromatic nitrogens is 1. The van der Waals surface area contributed by atoms with Crippen LogP contribution in [0.1, 0.15) is 5.56 Å². The lowest BCUT2D eigenvalue weighted by atomic mass is 10.1. The Balaban J connectivity index is 1.58. The van der Waals surface area contributed by atoms with Crippen LogP contribution in [0, 0.1) is 0 Å². The van der Waals surface area contributed by atoms with Crippen LogP contribution in [0.5, 0.6) is 0 Å². The van der Waals surface area contributed by atoms with Crippen molar-refractivity contribution < 1.29 is 5.11 Å². The Bertz CT molecular complexity index is 1300. The Morgan fingerprint density at radius 1 is 0.710 bits per heavy atom. The Kier molecular flexibility index (Phi) is 5.21. The molecule has 0 amide bonds. The summed E-state index contributed by atoms with van der Waals surface area (Å²) in [5.41, 5.74) is 5.29. The van der Waals surface area contributed by atoms with Gasteiger partial charge in [-0.25, -0.2) is 5.01 Å². The lowest BCUT2D eigenvalue weighted by molar-refractivity contribution is 0.280. The van der Waals surface area contributed by atoms with Crippen LogP contribution in [0.25, 0.3) is 21.8 Å². The van der Waals surface area contributed by atoms with E-state index in [2.05, 4.69) is 65.2 Å². The van der Waals surface area contributed by atoms with Gasteiger partial charge in [0.25, 0.3) is 0 Å². The Morgan fingerprint density at radius 2 is 1.32 bits per heavy atom. The molecule has 0 aliphatic rings. The fourth-order valence-corrected chi connectivity index (χ4v) is 4.04. The molecule has 0 saturated heterocycles. The minimum Gasteiger partial charge on any atom is -0.395 e. The first kappa shape index (κ1) is 19.1. The Hall–Kier alpha value is -3.89. The molecule has 0 aliphatic carbocycles. The number of aliphatic hydroxyl groups excluding tert-OH is 1. The molecule has 5 rings (SSSR count). The number of hydrazone groups is 1. The molecule has 4 aromatic carbocycles. The molecule has 4 nitrogen and oxygen atoms in total. The van der Waals surface area contributed by atoms with Crippen molar-refractivity contribution in [1.82, 2.24) is 4.57 Å². The maximum Gasteiger partial charge on any atom is 0.0652 e. The molecular weight excluding hydrogens is 382 g/mol. The van der Waals surface area contributed by atoms with E-state index in [0.717, 1.165) is 28.0 Å². The summed E-state index contributed by atoms with van der Waals surface area (Å²) in [6.07, 6.45) is 1.90. The molecule has 0 aliphatic heterocycles. The lowest BCUT2D eigenvalue weighted by Gasteiger charge is -2.19. The highest BCUT2D eigenvalue weighted by Gasteiger charge is 2.11. The predicted octanol–water partition coefficient (Wildman–Crippen LogP) is 5.96. The van der Waals surface area contributed by atoms with Crippen molar-refractivity contribution in [2.45, 2.75) is 6.54 Å². The van der Waals surface area contributed by atoms with Crippen molar-refractivity contribution in [1.29, 1.82) is 0 Å². The average Bonchev–Trinajstić information content (AvgIpc) is 3.14. The number of para-hydroxylation sites is 3. The topological polar surface area (TPSA) is 40.8 Å².